The third-order valence-electron chi connectivity index (χ3n) is 3.27. The molecule has 0 saturated heterocycles. The summed E-state index contributed by atoms with van der Waals surface area (Å²) in [6.07, 6.45) is 15.4. The summed E-state index contributed by atoms with van der Waals surface area (Å²) in [5, 5.41) is 3.04. The van der Waals surface area contributed by atoms with Crippen molar-refractivity contribution >= 4 is 17.6 Å². The lowest BCUT2D eigenvalue weighted by Gasteiger charge is -2.12. The summed E-state index contributed by atoms with van der Waals surface area (Å²) >= 11 is 4.97. The van der Waals surface area contributed by atoms with Gasteiger partial charge >= 0.3 is 0 Å². The first-order valence-corrected chi connectivity index (χ1v) is 6.72. The third kappa shape index (κ3) is 5.74. The molecular weight excluding hydrogens is 188 g/mol. The molecule has 81 valence electrons. The van der Waals surface area contributed by atoms with Crippen molar-refractivity contribution in [2.45, 2.75) is 70.6 Å². The predicted molar refractivity (Wildman–Crippen MR) is 66.9 cm³/mol. The minimum absolute atomic E-state index is 0.615. The Kier molecular flexibility index (Phi) is 7.30. The van der Waals surface area contributed by atoms with Crippen molar-refractivity contribution in [3.8, 4) is 0 Å². The average molecular weight is 211 g/mol. The highest BCUT2D eigenvalue weighted by Crippen LogP contribution is 2.19. The molecule has 14 heavy (non-hydrogen) atoms. The summed E-state index contributed by atoms with van der Waals surface area (Å²) in [7, 11) is 0. The van der Waals surface area contributed by atoms with E-state index in [1.165, 1.54) is 70.6 Å². The van der Waals surface area contributed by atoms with Crippen LogP contribution in [0.15, 0.2) is 0 Å². The van der Waals surface area contributed by atoms with Gasteiger partial charge in [-0.15, -0.1) is 0 Å². The summed E-state index contributed by atoms with van der Waals surface area (Å²) in [5.41, 5.74) is 0. The molecule has 0 bridgehead atoms. The third-order valence-corrected chi connectivity index (χ3v) is 3.61. The molecule has 0 aromatic carbocycles. The summed E-state index contributed by atoms with van der Waals surface area (Å²) in [5.74, 6) is 0.615. The van der Waals surface area contributed by atoms with Gasteiger partial charge in [0.05, 0.1) is 0 Å². The second-order valence-corrected chi connectivity index (χ2v) is 4.81. The fourth-order valence-electron chi connectivity index (χ4n) is 2.28. The summed E-state index contributed by atoms with van der Waals surface area (Å²) in [4.78, 5) is 0. The maximum Gasteiger partial charge on any atom is 0.0325 e. The highest BCUT2D eigenvalue weighted by molar-refractivity contribution is 7.79. The molecule has 1 rings (SSSR count). The second kappa shape index (κ2) is 8.40. The van der Waals surface area contributed by atoms with Crippen molar-refractivity contribution in [1.82, 2.24) is 0 Å². The lowest BCUT2D eigenvalue weighted by molar-refractivity contribution is 0.471. The van der Waals surface area contributed by atoms with E-state index in [0.29, 0.717) is 5.92 Å². The average Bonchev–Trinajstić information content (AvgIpc) is 2.19. The van der Waals surface area contributed by atoms with Gasteiger partial charge in [0.15, 0.2) is 0 Å². The lowest BCUT2D eigenvalue weighted by atomic mass is 9.94. The zero-order valence-electron chi connectivity index (χ0n) is 9.26. The Morgan fingerprint density at radius 2 is 1.00 bits per heavy atom. The van der Waals surface area contributed by atoms with Gasteiger partial charge in [-0.05, 0) is 18.8 Å². The normalized spacial score (nSPS) is 23.4. The second-order valence-electron chi connectivity index (χ2n) is 4.57. The largest absolute Gasteiger partial charge is 0.0834 e. The number of hydrogen-bond donors (Lipinski definition) is 0. The van der Waals surface area contributed by atoms with Gasteiger partial charge in [-0.3, -0.25) is 0 Å². The molecule has 0 nitrogen and oxygen atoms in total. The van der Waals surface area contributed by atoms with Crippen LogP contribution in [0.3, 0.4) is 0 Å². The van der Waals surface area contributed by atoms with E-state index in [-0.39, 0.29) is 0 Å². The molecule has 0 unspecified atom stereocenters. The Labute approximate surface area is 94.5 Å². The van der Waals surface area contributed by atoms with Gasteiger partial charge in [0.1, 0.15) is 0 Å². The minimum atomic E-state index is 0.615. The number of rotatable bonds is 1. The lowest BCUT2D eigenvalue weighted by Crippen LogP contribution is -2.01. The quantitative estimate of drug-likeness (QED) is 0.562. The van der Waals surface area contributed by atoms with Crippen LogP contribution < -0.4 is 0 Å². The maximum atomic E-state index is 4.97. The number of thiocarbonyl (C=S) groups is 1. The Balaban J connectivity index is 2.20. The molecule has 0 aliphatic heterocycles. The van der Waals surface area contributed by atoms with E-state index in [9.17, 15) is 0 Å². The Morgan fingerprint density at radius 3 is 1.36 bits per heavy atom. The zero-order chi connectivity index (χ0) is 10.1. The summed E-state index contributed by atoms with van der Waals surface area (Å²) in [6, 6.07) is 0. The number of hydrogen-bond acceptors (Lipinski definition) is 1. The van der Waals surface area contributed by atoms with Crippen LogP contribution in [0, 0.1) is 5.92 Å². The molecule has 1 aliphatic carbocycles. The van der Waals surface area contributed by atoms with Crippen molar-refractivity contribution in [2.75, 3.05) is 0 Å². The van der Waals surface area contributed by atoms with E-state index in [1.54, 1.807) is 0 Å². The molecule has 1 aliphatic rings. The van der Waals surface area contributed by atoms with Crippen molar-refractivity contribution in [1.29, 1.82) is 0 Å². The maximum absolute atomic E-state index is 4.97. The molecule has 1 radical (unpaired) electrons. The SMILES string of the molecule is S=[C]C1CCCCCCCCCCC1. The summed E-state index contributed by atoms with van der Waals surface area (Å²) < 4.78 is 0. The monoisotopic (exact) mass is 211 g/mol. The highest BCUT2D eigenvalue weighted by Gasteiger charge is 2.06. The molecular formula is C13H23S. The molecule has 1 saturated carbocycles. The van der Waals surface area contributed by atoms with Crippen molar-refractivity contribution in [2.24, 2.45) is 5.92 Å². The fourth-order valence-corrected chi connectivity index (χ4v) is 2.52. The molecule has 0 heterocycles. The van der Waals surface area contributed by atoms with Crippen LogP contribution in [0.5, 0.6) is 0 Å². The topological polar surface area (TPSA) is 0 Å². The van der Waals surface area contributed by atoms with Crippen LogP contribution >= 0.6 is 12.2 Å². The first-order valence-electron chi connectivity index (χ1n) is 6.31. The van der Waals surface area contributed by atoms with Crippen molar-refractivity contribution in [3.05, 3.63) is 0 Å². The van der Waals surface area contributed by atoms with Crippen LogP contribution in [0.25, 0.3) is 0 Å². The van der Waals surface area contributed by atoms with Gasteiger partial charge < -0.3 is 0 Å². The van der Waals surface area contributed by atoms with E-state index in [1.807, 2.05) is 0 Å². The van der Waals surface area contributed by atoms with Crippen LogP contribution in [0.1, 0.15) is 70.6 Å². The minimum Gasteiger partial charge on any atom is -0.0834 e. The first kappa shape index (κ1) is 12.2. The van der Waals surface area contributed by atoms with Gasteiger partial charge in [0.2, 0.25) is 0 Å². The van der Waals surface area contributed by atoms with Gasteiger partial charge in [0.25, 0.3) is 0 Å². The van der Waals surface area contributed by atoms with Gasteiger partial charge in [0, 0.05) is 5.37 Å². The zero-order valence-corrected chi connectivity index (χ0v) is 10.1. The molecule has 1 fully saturated rings. The van der Waals surface area contributed by atoms with Gasteiger partial charge in [-0.2, -0.15) is 0 Å². The van der Waals surface area contributed by atoms with E-state index in [2.05, 4.69) is 5.37 Å². The predicted octanol–water partition coefficient (Wildman–Crippen LogP) is 4.78. The van der Waals surface area contributed by atoms with E-state index >= 15 is 0 Å². The Bertz CT molecular complexity index is 130. The fraction of sp³-hybridized carbons (Fsp3) is 0.923. The van der Waals surface area contributed by atoms with E-state index in [0.717, 1.165) is 0 Å². The first-order chi connectivity index (χ1) is 6.93. The molecule has 1 heteroatoms. The molecule has 0 amide bonds. The molecule has 0 aromatic rings. The molecule has 0 spiro atoms. The van der Waals surface area contributed by atoms with Crippen LogP contribution in [-0.4, -0.2) is 5.37 Å². The van der Waals surface area contributed by atoms with E-state index in [4.69, 9.17) is 12.2 Å². The summed E-state index contributed by atoms with van der Waals surface area (Å²) in [6.45, 7) is 0. The van der Waals surface area contributed by atoms with Crippen molar-refractivity contribution < 1.29 is 0 Å². The molecule has 0 N–H and O–H groups in total. The van der Waals surface area contributed by atoms with Gasteiger partial charge in [-0.1, -0.05) is 70.0 Å². The highest BCUT2D eigenvalue weighted by atomic mass is 32.1. The molecule has 0 aromatic heterocycles. The van der Waals surface area contributed by atoms with Gasteiger partial charge in [-0.25, -0.2) is 0 Å². The smallest absolute Gasteiger partial charge is 0.0325 e. The van der Waals surface area contributed by atoms with E-state index < -0.39 is 0 Å². The standard InChI is InChI=1S/C13H23S/c14-12-13-10-8-6-4-2-1-3-5-7-9-11-13/h13H,1-11H2. The van der Waals surface area contributed by atoms with Crippen LogP contribution in [0.2, 0.25) is 0 Å². The molecule has 0 atom stereocenters. The Hall–Kier alpha value is 0.0900. The van der Waals surface area contributed by atoms with Crippen LogP contribution in [0.4, 0.5) is 0 Å². The van der Waals surface area contributed by atoms with Crippen LogP contribution in [-0.2, 0) is 0 Å². The Morgan fingerprint density at radius 1 is 0.643 bits per heavy atom. The van der Waals surface area contributed by atoms with Crippen molar-refractivity contribution in [3.63, 3.8) is 0 Å².